The van der Waals surface area contributed by atoms with Gasteiger partial charge in [-0.25, -0.2) is 4.79 Å². The zero-order valence-corrected chi connectivity index (χ0v) is 5.88. The van der Waals surface area contributed by atoms with Crippen LogP contribution in [-0.2, 0) is 14.3 Å². The van der Waals surface area contributed by atoms with Crippen LogP contribution in [0, 0.1) is 0 Å². The molecule has 56 valence electrons. The predicted octanol–water partition coefficient (Wildman–Crippen LogP) is -0.564. The lowest BCUT2D eigenvalue weighted by Gasteiger charge is -2.32. The molecule has 1 rings (SSSR count). The van der Waals surface area contributed by atoms with Gasteiger partial charge < -0.3 is 10.1 Å². The Labute approximate surface area is 58.5 Å². The molecule has 0 aromatic carbocycles. The van der Waals surface area contributed by atoms with E-state index in [1.807, 2.05) is 0 Å². The maximum absolute atomic E-state index is 10.5. The number of cyclic esters (lactones) is 1. The minimum absolute atomic E-state index is 0.170. The molecule has 0 bridgehead atoms. The van der Waals surface area contributed by atoms with Crippen LogP contribution in [0.4, 0.5) is 0 Å². The molecule has 4 nitrogen and oxygen atoms in total. The van der Waals surface area contributed by atoms with Gasteiger partial charge in [0.2, 0.25) is 5.91 Å². The lowest BCUT2D eigenvalue weighted by molar-refractivity contribution is -0.175. The average molecular weight is 143 g/mol. The Morgan fingerprint density at radius 3 is 2.50 bits per heavy atom. The maximum atomic E-state index is 10.5. The molecule has 4 heteroatoms. The highest BCUT2D eigenvalue weighted by atomic mass is 16.6. The first-order valence-electron chi connectivity index (χ1n) is 3.09. The van der Waals surface area contributed by atoms with Gasteiger partial charge in [0, 0.05) is 6.92 Å². The van der Waals surface area contributed by atoms with E-state index in [1.54, 1.807) is 6.92 Å². The highest BCUT2D eigenvalue weighted by Gasteiger charge is 2.39. The van der Waals surface area contributed by atoms with Gasteiger partial charge in [-0.1, -0.05) is 0 Å². The highest BCUT2D eigenvalue weighted by Crippen LogP contribution is 2.12. The summed E-state index contributed by atoms with van der Waals surface area (Å²) in [5.74, 6) is -0.545. The molecular weight excluding hydrogens is 134 g/mol. The van der Waals surface area contributed by atoms with E-state index in [1.165, 1.54) is 6.92 Å². The zero-order chi connectivity index (χ0) is 7.72. The SMILES string of the molecule is CC(=O)N[C@@H]1C(=O)O[C@@H]1C. The second-order valence-electron chi connectivity index (χ2n) is 2.32. The molecule has 1 amide bonds. The van der Waals surface area contributed by atoms with Gasteiger partial charge in [0.1, 0.15) is 6.10 Å². The molecule has 1 aliphatic rings. The van der Waals surface area contributed by atoms with Crippen LogP contribution in [0.3, 0.4) is 0 Å². The van der Waals surface area contributed by atoms with Gasteiger partial charge in [0.25, 0.3) is 0 Å². The molecule has 1 saturated heterocycles. The summed E-state index contributed by atoms with van der Waals surface area (Å²) >= 11 is 0. The molecule has 10 heavy (non-hydrogen) atoms. The third kappa shape index (κ3) is 1.10. The van der Waals surface area contributed by atoms with Gasteiger partial charge >= 0.3 is 5.97 Å². The molecule has 0 radical (unpaired) electrons. The van der Waals surface area contributed by atoms with Crippen LogP contribution in [-0.4, -0.2) is 24.0 Å². The smallest absolute Gasteiger partial charge is 0.332 e. The molecule has 0 spiro atoms. The number of esters is 1. The van der Waals surface area contributed by atoms with Crippen LogP contribution in [0.5, 0.6) is 0 Å². The summed E-state index contributed by atoms with van der Waals surface area (Å²) in [6, 6.07) is -0.419. The molecule has 0 aliphatic carbocycles. The number of hydrogen-bond donors (Lipinski definition) is 1. The number of carbonyl (C=O) groups is 2. The van der Waals surface area contributed by atoms with Crippen LogP contribution in [0.1, 0.15) is 13.8 Å². The monoisotopic (exact) mass is 143 g/mol. The molecular formula is C6H9NO3. The third-order valence-electron chi connectivity index (χ3n) is 1.38. The van der Waals surface area contributed by atoms with E-state index < -0.39 is 6.04 Å². The van der Waals surface area contributed by atoms with Gasteiger partial charge in [0.05, 0.1) is 0 Å². The quantitative estimate of drug-likeness (QED) is 0.500. The van der Waals surface area contributed by atoms with E-state index in [0.29, 0.717) is 0 Å². The summed E-state index contributed by atoms with van der Waals surface area (Å²) in [7, 11) is 0. The summed E-state index contributed by atoms with van der Waals surface area (Å²) < 4.78 is 4.60. The molecule has 0 unspecified atom stereocenters. The fourth-order valence-corrected chi connectivity index (χ4v) is 0.839. The second kappa shape index (κ2) is 2.28. The molecule has 1 N–H and O–H groups in total. The van der Waals surface area contributed by atoms with Crippen molar-refractivity contribution in [3.8, 4) is 0 Å². The van der Waals surface area contributed by atoms with Crippen LogP contribution in [0.15, 0.2) is 0 Å². The lowest BCUT2D eigenvalue weighted by atomic mass is 10.1. The lowest BCUT2D eigenvalue weighted by Crippen LogP contribution is -2.58. The van der Waals surface area contributed by atoms with Crippen LogP contribution in [0.25, 0.3) is 0 Å². The minimum Gasteiger partial charge on any atom is -0.458 e. The largest absolute Gasteiger partial charge is 0.458 e. The predicted molar refractivity (Wildman–Crippen MR) is 33.2 cm³/mol. The first kappa shape index (κ1) is 7.05. The molecule has 1 fully saturated rings. The summed E-state index contributed by atoms with van der Waals surface area (Å²) in [6.45, 7) is 3.11. The van der Waals surface area contributed by atoms with Crippen molar-refractivity contribution in [2.75, 3.05) is 0 Å². The third-order valence-corrected chi connectivity index (χ3v) is 1.38. The normalized spacial score (nSPS) is 30.4. The van der Waals surface area contributed by atoms with Gasteiger partial charge in [-0.05, 0) is 6.92 Å². The Kier molecular flexibility index (Phi) is 1.61. The van der Waals surface area contributed by atoms with Gasteiger partial charge in [0.15, 0.2) is 6.04 Å². The Morgan fingerprint density at radius 1 is 1.70 bits per heavy atom. The Morgan fingerprint density at radius 2 is 2.30 bits per heavy atom. The van der Waals surface area contributed by atoms with E-state index in [-0.39, 0.29) is 18.0 Å². The van der Waals surface area contributed by atoms with Crippen molar-refractivity contribution in [3.05, 3.63) is 0 Å². The Hall–Kier alpha value is -1.06. The average Bonchev–Trinajstić information content (AvgIpc) is 1.84. The van der Waals surface area contributed by atoms with E-state index in [2.05, 4.69) is 10.1 Å². The maximum Gasteiger partial charge on any atom is 0.332 e. The molecule has 0 aromatic heterocycles. The van der Waals surface area contributed by atoms with Crippen molar-refractivity contribution in [1.82, 2.24) is 5.32 Å². The summed E-state index contributed by atoms with van der Waals surface area (Å²) in [6.07, 6.45) is -0.170. The van der Waals surface area contributed by atoms with E-state index >= 15 is 0 Å². The van der Waals surface area contributed by atoms with Crippen molar-refractivity contribution in [3.63, 3.8) is 0 Å². The van der Waals surface area contributed by atoms with Crippen LogP contribution in [0.2, 0.25) is 0 Å². The van der Waals surface area contributed by atoms with E-state index in [9.17, 15) is 9.59 Å². The summed E-state index contributed by atoms with van der Waals surface area (Å²) in [5, 5.41) is 2.47. The molecule has 1 aliphatic heterocycles. The Bertz CT molecular complexity index is 178. The molecule has 0 saturated carbocycles. The van der Waals surface area contributed by atoms with Gasteiger partial charge in [-0.2, -0.15) is 0 Å². The van der Waals surface area contributed by atoms with Crippen LogP contribution >= 0.6 is 0 Å². The number of hydrogen-bond acceptors (Lipinski definition) is 3. The van der Waals surface area contributed by atoms with E-state index in [4.69, 9.17) is 0 Å². The highest BCUT2D eigenvalue weighted by molar-refractivity contribution is 5.87. The topological polar surface area (TPSA) is 55.4 Å². The number of rotatable bonds is 1. The molecule has 0 aromatic rings. The van der Waals surface area contributed by atoms with Crippen molar-refractivity contribution < 1.29 is 14.3 Å². The van der Waals surface area contributed by atoms with Crippen molar-refractivity contribution >= 4 is 11.9 Å². The van der Waals surface area contributed by atoms with Crippen LogP contribution < -0.4 is 5.32 Å². The van der Waals surface area contributed by atoms with Crippen molar-refractivity contribution in [2.45, 2.75) is 26.0 Å². The first-order chi connectivity index (χ1) is 4.61. The van der Waals surface area contributed by atoms with Gasteiger partial charge in [-0.3, -0.25) is 4.79 Å². The van der Waals surface area contributed by atoms with Crippen molar-refractivity contribution in [1.29, 1.82) is 0 Å². The number of amides is 1. The fraction of sp³-hybridized carbons (Fsp3) is 0.667. The number of ether oxygens (including phenoxy) is 1. The number of carbonyl (C=O) groups excluding carboxylic acids is 2. The van der Waals surface area contributed by atoms with E-state index in [0.717, 1.165) is 0 Å². The van der Waals surface area contributed by atoms with Gasteiger partial charge in [-0.15, -0.1) is 0 Å². The Balaban J connectivity index is 2.40. The molecule has 2 atom stereocenters. The second-order valence-corrected chi connectivity index (χ2v) is 2.32. The number of nitrogens with one attached hydrogen (secondary N) is 1. The van der Waals surface area contributed by atoms with Crippen molar-refractivity contribution in [2.24, 2.45) is 0 Å². The molecule has 1 heterocycles. The zero-order valence-electron chi connectivity index (χ0n) is 5.88. The standard InChI is InChI=1S/C6H9NO3/c1-3-5(6(9)10-3)7-4(2)8/h3,5H,1-2H3,(H,7,8)/t3-,5+/m1/s1. The summed E-state index contributed by atoms with van der Waals surface area (Å²) in [5.41, 5.74) is 0. The first-order valence-corrected chi connectivity index (χ1v) is 3.09. The summed E-state index contributed by atoms with van der Waals surface area (Å²) in [4.78, 5) is 21.0. The fourth-order valence-electron chi connectivity index (χ4n) is 0.839. The minimum atomic E-state index is -0.419.